The summed E-state index contributed by atoms with van der Waals surface area (Å²) in [5.74, 6) is 0.00145. The monoisotopic (exact) mass is 515 g/mol. The zero-order valence-corrected chi connectivity index (χ0v) is 22.5. The Bertz CT molecular complexity index is 1360. The highest BCUT2D eigenvalue weighted by Gasteiger charge is 2.47. The third-order valence-electron chi connectivity index (χ3n) is 6.51. The summed E-state index contributed by atoms with van der Waals surface area (Å²) in [6.45, 7) is 8.05. The van der Waals surface area contributed by atoms with E-state index in [0.29, 0.717) is 34.4 Å². The fraction of sp³-hybridized carbons (Fsp3) is 0.290. The van der Waals surface area contributed by atoms with Crippen molar-refractivity contribution in [2.24, 2.45) is 0 Å². The van der Waals surface area contributed by atoms with Crippen molar-refractivity contribution in [3.05, 3.63) is 89.0 Å². The normalized spacial score (nSPS) is 16.8. The highest BCUT2D eigenvalue weighted by atomic mass is 16.5. The zero-order chi connectivity index (χ0) is 27.6. The zero-order valence-electron chi connectivity index (χ0n) is 22.5. The van der Waals surface area contributed by atoms with Gasteiger partial charge in [-0.05, 0) is 67.3 Å². The first-order valence-electron chi connectivity index (χ1n) is 12.6. The fourth-order valence-corrected chi connectivity index (χ4v) is 4.57. The first-order valence-corrected chi connectivity index (χ1v) is 12.6. The molecule has 0 saturated carbocycles. The standard InChI is InChI=1S/C31H33NO6/c1-18(2)20-7-11-22(12-8-20)32-28(21-9-13-23(14-10-21)38-19(3)4)27(30(34)31(32)35)29(33)25-16-15-24(36-5)17-26(25)37-6/h7-19,28,33H,1-6H3/b29-27-. The van der Waals surface area contributed by atoms with Crippen LogP contribution in [-0.2, 0) is 9.59 Å². The number of nitrogens with zero attached hydrogens (tertiary/aromatic N) is 1. The number of hydrogen-bond donors (Lipinski definition) is 1. The second kappa shape index (κ2) is 11.0. The molecule has 3 aromatic rings. The molecule has 1 fully saturated rings. The van der Waals surface area contributed by atoms with Crippen molar-refractivity contribution < 1.29 is 28.9 Å². The van der Waals surface area contributed by atoms with E-state index in [2.05, 4.69) is 13.8 Å². The van der Waals surface area contributed by atoms with Crippen LogP contribution in [0, 0.1) is 0 Å². The molecule has 7 nitrogen and oxygen atoms in total. The Morgan fingerprint density at radius 3 is 2.03 bits per heavy atom. The molecule has 198 valence electrons. The van der Waals surface area contributed by atoms with Crippen molar-refractivity contribution in [3.8, 4) is 17.2 Å². The van der Waals surface area contributed by atoms with Crippen LogP contribution < -0.4 is 19.1 Å². The molecule has 3 aromatic carbocycles. The van der Waals surface area contributed by atoms with Crippen molar-refractivity contribution in [1.82, 2.24) is 0 Å². The van der Waals surface area contributed by atoms with Crippen molar-refractivity contribution in [2.75, 3.05) is 19.1 Å². The lowest BCUT2D eigenvalue weighted by Gasteiger charge is -2.26. The minimum absolute atomic E-state index is 0.00602. The van der Waals surface area contributed by atoms with Crippen LogP contribution in [0.5, 0.6) is 17.2 Å². The number of hydrogen-bond acceptors (Lipinski definition) is 6. The molecular formula is C31H33NO6. The summed E-state index contributed by atoms with van der Waals surface area (Å²) < 4.78 is 16.5. The lowest BCUT2D eigenvalue weighted by molar-refractivity contribution is -0.132. The molecule has 0 spiro atoms. The van der Waals surface area contributed by atoms with Gasteiger partial charge in [0.15, 0.2) is 0 Å². The van der Waals surface area contributed by atoms with Gasteiger partial charge in [-0.2, -0.15) is 0 Å². The van der Waals surface area contributed by atoms with Crippen LogP contribution in [0.15, 0.2) is 72.3 Å². The van der Waals surface area contributed by atoms with Gasteiger partial charge in [0, 0.05) is 11.8 Å². The third-order valence-corrected chi connectivity index (χ3v) is 6.51. The van der Waals surface area contributed by atoms with E-state index in [1.807, 2.05) is 50.2 Å². The van der Waals surface area contributed by atoms with Crippen LogP contribution in [0.2, 0.25) is 0 Å². The van der Waals surface area contributed by atoms with Crippen molar-refractivity contribution in [2.45, 2.75) is 45.8 Å². The number of ether oxygens (including phenoxy) is 3. The highest BCUT2D eigenvalue weighted by molar-refractivity contribution is 6.51. The molecule has 38 heavy (non-hydrogen) atoms. The predicted octanol–water partition coefficient (Wildman–Crippen LogP) is 6.24. The first-order chi connectivity index (χ1) is 18.2. The van der Waals surface area contributed by atoms with Gasteiger partial charge in [-0.15, -0.1) is 0 Å². The number of ketones is 1. The number of Topliss-reactive ketones (excluding diaryl/α,β-unsaturated/α-hetero) is 1. The molecule has 1 aliphatic heterocycles. The number of carbonyl (C=O) groups is 2. The van der Waals surface area contributed by atoms with Gasteiger partial charge in [0.25, 0.3) is 11.7 Å². The van der Waals surface area contributed by atoms with E-state index >= 15 is 0 Å². The summed E-state index contributed by atoms with van der Waals surface area (Å²) in [6.07, 6.45) is -0.00602. The van der Waals surface area contributed by atoms with E-state index in [1.54, 1.807) is 30.3 Å². The van der Waals surface area contributed by atoms with E-state index < -0.39 is 17.7 Å². The molecule has 1 N–H and O–H groups in total. The molecule has 0 radical (unpaired) electrons. The molecule has 1 aliphatic rings. The number of carbonyl (C=O) groups excluding carboxylic acids is 2. The molecular weight excluding hydrogens is 482 g/mol. The van der Waals surface area contributed by atoms with E-state index in [0.717, 1.165) is 5.56 Å². The molecule has 4 rings (SSSR count). The van der Waals surface area contributed by atoms with E-state index in [9.17, 15) is 14.7 Å². The molecule has 0 aromatic heterocycles. The molecule has 1 saturated heterocycles. The van der Waals surface area contributed by atoms with Crippen LogP contribution >= 0.6 is 0 Å². The quantitative estimate of drug-likeness (QED) is 0.217. The Morgan fingerprint density at radius 2 is 1.47 bits per heavy atom. The second-order valence-electron chi connectivity index (χ2n) is 9.72. The molecule has 1 amide bonds. The summed E-state index contributed by atoms with van der Waals surface area (Å²) in [6, 6.07) is 18.8. The Morgan fingerprint density at radius 1 is 0.842 bits per heavy atom. The number of methoxy groups -OCH3 is 2. The average Bonchev–Trinajstić information content (AvgIpc) is 3.18. The van der Waals surface area contributed by atoms with Gasteiger partial charge in [-0.1, -0.05) is 38.1 Å². The Hall–Kier alpha value is -4.26. The maximum Gasteiger partial charge on any atom is 0.300 e. The smallest absolute Gasteiger partial charge is 0.300 e. The Labute approximate surface area is 223 Å². The summed E-state index contributed by atoms with van der Waals surface area (Å²) in [5, 5.41) is 11.5. The van der Waals surface area contributed by atoms with Crippen molar-refractivity contribution in [1.29, 1.82) is 0 Å². The highest BCUT2D eigenvalue weighted by Crippen LogP contribution is 2.44. The lowest BCUT2D eigenvalue weighted by Crippen LogP contribution is -2.29. The van der Waals surface area contributed by atoms with E-state index in [1.165, 1.54) is 19.1 Å². The number of anilines is 1. The van der Waals surface area contributed by atoms with Gasteiger partial charge < -0.3 is 19.3 Å². The van der Waals surface area contributed by atoms with Gasteiger partial charge in [0.1, 0.15) is 23.0 Å². The third kappa shape index (κ3) is 5.09. The van der Waals surface area contributed by atoms with Gasteiger partial charge >= 0.3 is 0 Å². The van der Waals surface area contributed by atoms with Gasteiger partial charge in [-0.25, -0.2) is 0 Å². The van der Waals surface area contributed by atoms with Crippen molar-refractivity contribution >= 4 is 23.1 Å². The SMILES string of the molecule is COc1ccc(/C(O)=C2/C(=O)C(=O)N(c3ccc(C(C)C)cc3)C2c2ccc(OC(C)C)cc2)c(OC)c1. The number of benzene rings is 3. The van der Waals surface area contributed by atoms with Crippen LogP contribution in [-0.4, -0.2) is 37.1 Å². The minimum atomic E-state index is -0.861. The van der Waals surface area contributed by atoms with Crippen molar-refractivity contribution in [3.63, 3.8) is 0 Å². The molecule has 1 heterocycles. The Kier molecular flexibility index (Phi) is 7.76. The predicted molar refractivity (Wildman–Crippen MR) is 147 cm³/mol. The summed E-state index contributed by atoms with van der Waals surface area (Å²) in [4.78, 5) is 28.4. The topological polar surface area (TPSA) is 85.3 Å². The van der Waals surface area contributed by atoms with E-state index in [-0.39, 0.29) is 23.0 Å². The number of aliphatic hydroxyl groups excluding tert-OH is 1. The minimum Gasteiger partial charge on any atom is -0.507 e. The summed E-state index contributed by atoms with van der Waals surface area (Å²) >= 11 is 0. The van der Waals surface area contributed by atoms with Crippen LogP contribution in [0.25, 0.3) is 5.76 Å². The molecule has 7 heteroatoms. The summed E-state index contributed by atoms with van der Waals surface area (Å²) in [7, 11) is 2.99. The molecule has 1 atom stereocenters. The first kappa shape index (κ1) is 26.8. The van der Waals surface area contributed by atoms with Crippen LogP contribution in [0.4, 0.5) is 5.69 Å². The number of amides is 1. The maximum atomic E-state index is 13.5. The second-order valence-corrected chi connectivity index (χ2v) is 9.72. The van der Waals surface area contributed by atoms with E-state index in [4.69, 9.17) is 14.2 Å². The van der Waals surface area contributed by atoms with Gasteiger partial charge in [0.05, 0.1) is 37.5 Å². The average molecular weight is 516 g/mol. The Balaban J connectivity index is 1.90. The number of aliphatic hydroxyl groups is 1. The largest absolute Gasteiger partial charge is 0.507 e. The summed E-state index contributed by atoms with van der Waals surface area (Å²) in [5.41, 5.74) is 2.59. The van der Waals surface area contributed by atoms with Gasteiger partial charge in [0.2, 0.25) is 0 Å². The molecule has 1 unspecified atom stereocenters. The number of rotatable bonds is 8. The fourth-order valence-electron chi connectivity index (χ4n) is 4.57. The van der Waals surface area contributed by atoms with Crippen LogP contribution in [0.3, 0.4) is 0 Å². The van der Waals surface area contributed by atoms with Crippen LogP contribution in [0.1, 0.15) is 56.3 Å². The lowest BCUT2D eigenvalue weighted by atomic mass is 9.94. The molecule has 0 bridgehead atoms. The molecule has 0 aliphatic carbocycles. The van der Waals surface area contributed by atoms with Gasteiger partial charge in [-0.3, -0.25) is 14.5 Å². The maximum absolute atomic E-state index is 13.5.